The lowest BCUT2D eigenvalue weighted by Gasteiger charge is -2.15. The Kier molecular flexibility index (Phi) is 6.41. The van der Waals surface area contributed by atoms with E-state index in [0.717, 1.165) is 5.56 Å². The van der Waals surface area contributed by atoms with Gasteiger partial charge in [0.05, 0.1) is 24.8 Å². The molecule has 0 bridgehead atoms. The number of Topliss-reactive ketones (excluding diaryl/α,β-unsaturated/α-hetero) is 1. The second kappa shape index (κ2) is 8.74. The standard InChI is InChI=1S/C20H21NO4/c1-4-23-18-9-7-16(14(3)22)11-17(18)13-25-19-8-6-15(12-21)10-20(19)24-5-2/h6-11H,4-5,13H2,1-3H3. The minimum atomic E-state index is -0.0160. The van der Waals surface area contributed by atoms with E-state index in [-0.39, 0.29) is 12.4 Å². The van der Waals surface area contributed by atoms with E-state index in [2.05, 4.69) is 6.07 Å². The molecule has 2 aromatic rings. The van der Waals surface area contributed by atoms with E-state index >= 15 is 0 Å². The van der Waals surface area contributed by atoms with Crippen molar-refractivity contribution >= 4 is 5.78 Å². The molecular weight excluding hydrogens is 318 g/mol. The molecule has 5 nitrogen and oxygen atoms in total. The van der Waals surface area contributed by atoms with Gasteiger partial charge in [-0.3, -0.25) is 4.79 Å². The number of ketones is 1. The van der Waals surface area contributed by atoms with Crippen LogP contribution in [0.1, 0.15) is 42.3 Å². The maximum absolute atomic E-state index is 11.6. The summed E-state index contributed by atoms with van der Waals surface area (Å²) in [5.41, 5.74) is 1.89. The summed E-state index contributed by atoms with van der Waals surface area (Å²) in [5.74, 6) is 1.72. The molecule has 0 fully saturated rings. The van der Waals surface area contributed by atoms with E-state index in [1.54, 1.807) is 36.4 Å². The second-order valence-corrected chi connectivity index (χ2v) is 5.31. The van der Waals surface area contributed by atoms with Gasteiger partial charge in [0.25, 0.3) is 0 Å². The molecule has 0 aliphatic rings. The van der Waals surface area contributed by atoms with Gasteiger partial charge < -0.3 is 14.2 Å². The van der Waals surface area contributed by atoms with E-state index in [0.29, 0.717) is 41.6 Å². The van der Waals surface area contributed by atoms with Crippen LogP contribution in [0.4, 0.5) is 0 Å². The molecule has 0 radical (unpaired) electrons. The van der Waals surface area contributed by atoms with Crippen molar-refractivity contribution in [1.29, 1.82) is 5.26 Å². The van der Waals surface area contributed by atoms with Gasteiger partial charge in [-0.2, -0.15) is 5.26 Å². The van der Waals surface area contributed by atoms with Crippen LogP contribution in [0.15, 0.2) is 36.4 Å². The third-order valence-corrected chi connectivity index (χ3v) is 3.52. The summed E-state index contributed by atoms with van der Waals surface area (Å²) in [4.78, 5) is 11.6. The van der Waals surface area contributed by atoms with Crippen molar-refractivity contribution in [3.8, 4) is 23.3 Å². The summed E-state index contributed by atoms with van der Waals surface area (Å²) in [7, 11) is 0. The van der Waals surface area contributed by atoms with Crippen LogP contribution in [-0.2, 0) is 6.61 Å². The lowest BCUT2D eigenvalue weighted by atomic mass is 10.1. The van der Waals surface area contributed by atoms with Crippen molar-refractivity contribution in [3.63, 3.8) is 0 Å². The molecule has 0 spiro atoms. The Bertz CT molecular complexity index is 793. The molecule has 0 aliphatic heterocycles. The van der Waals surface area contributed by atoms with Crippen molar-refractivity contribution in [2.75, 3.05) is 13.2 Å². The fourth-order valence-corrected chi connectivity index (χ4v) is 2.33. The summed E-state index contributed by atoms with van der Waals surface area (Å²) in [5, 5.41) is 9.01. The lowest BCUT2D eigenvalue weighted by Crippen LogP contribution is -2.04. The molecule has 5 heteroatoms. The first-order valence-electron chi connectivity index (χ1n) is 8.15. The quantitative estimate of drug-likeness (QED) is 0.676. The molecule has 2 rings (SSSR count). The lowest BCUT2D eigenvalue weighted by molar-refractivity contribution is 0.101. The highest BCUT2D eigenvalue weighted by Crippen LogP contribution is 2.30. The van der Waals surface area contributed by atoms with Crippen molar-refractivity contribution in [2.45, 2.75) is 27.4 Å². The highest BCUT2D eigenvalue weighted by Gasteiger charge is 2.11. The SMILES string of the molecule is CCOc1ccc(C(C)=O)cc1COc1ccc(C#N)cc1OCC. The van der Waals surface area contributed by atoms with Gasteiger partial charge in [-0.25, -0.2) is 0 Å². The predicted molar refractivity (Wildman–Crippen MR) is 94.3 cm³/mol. The zero-order valence-electron chi connectivity index (χ0n) is 14.7. The molecule has 2 aromatic carbocycles. The van der Waals surface area contributed by atoms with Crippen LogP contribution >= 0.6 is 0 Å². The fourth-order valence-electron chi connectivity index (χ4n) is 2.33. The molecule has 0 aliphatic carbocycles. The van der Waals surface area contributed by atoms with Crippen LogP contribution in [0.5, 0.6) is 17.2 Å². The normalized spacial score (nSPS) is 10.0. The summed E-state index contributed by atoms with van der Waals surface area (Å²) in [6.07, 6.45) is 0. The van der Waals surface area contributed by atoms with Gasteiger partial charge in [0.1, 0.15) is 12.4 Å². The number of carbonyl (C=O) groups excluding carboxylic acids is 1. The first-order valence-corrected chi connectivity index (χ1v) is 8.15. The third kappa shape index (κ3) is 4.74. The molecule has 25 heavy (non-hydrogen) atoms. The second-order valence-electron chi connectivity index (χ2n) is 5.31. The van der Waals surface area contributed by atoms with E-state index in [1.165, 1.54) is 6.92 Å². The topological polar surface area (TPSA) is 68.5 Å². The molecule has 0 atom stereocenters. The number of rotatable bonds is 8. The number of nitrogens with zero attached hydrogens (tertiary/aromatic N) is 1. The molecule has 0 N–H and O–H groups in total. The highest BCUT2D eigenvalue weighted by atomic mass is 16.5. The van der Waals surface area contributed by atoms with Gasteiger partial charge in [0, 0.05) is 17.2 Å². The van der Waals surface area contributed by atoms with Gasteiger partial charge in [0.15, 0.2) is 17.3 Å². The number of nitriles is 1. The first-order chi connectivity index (χ1) is 12.1. The summed E-state index contributed by atoms with van der Waals surface area (Å²) in [6, 6.07) is 12.4. The summed E-state index contributed by atoms with van der Waals surface area (Å²) in [6.45, 7) is 6.50. The first kappa shape index (κ1) is 18.3. The van der Waals surface area contributed by atoms with E-state index in [1.807, 2.05) is 13.8 Å². The number of hydrogen-bond donors (Lipinski definition) is 0. The molecule has 0 heterocycles. The van der Waals surface area contributed by atoms with Gasteiger partial charge in [-0.1, -0.05) is 0 Å². The van der Waals surface area contributed by atoms with E-state index < -0.39 is 0 Å². The van der Waals surface area contributed by atoms with Crippen molar-refractivity contribution in [2.24, 2.45) is 0 Å². The minimum Gasteiger partial charge on any atom is -0.493 e. The zero-order valence-corrected chi connectivity index (χ0v) is 14.7. The third-order valence-electron chi connectivity index (χ3n) is 3.52. The Balaban J connectivity index is 2.27. The molecule has 0 amide bonds. The van der Waals surface area contributed by atoms with Crippen LogP contribution < -0.4 is 14.2 Å². The van der Waals surface area contributed by atoms with Crippen molar-refractivity contribution in [1.82, 2.24) is 0 Å². The van der Waals surface area contributed by atoms with Gasteiger partial charge >= 0.3 is 0 Å². The minimum absolute atomic E-state index is 0.0160. The molecular formula is C20H21NO4. The van der Waals surface area contributed by atoms with Gasteiger partial charge in [-0.05, 0) is 51.1 Å². The number of hydrogen-bond acceptors (Lipinski definition) is 5. The summed E-state index contributed by atoms with van der Waals surface area (Å²) < 4.78 is 17.0. The van der Waals surface area contributed by atoms with Crippen LogP contribution in [0.3, 0.4) is 0 Å². The maximum Gasteiger partial charge on any atom is 0.162 e. The smallest absolute Gasteiger partial charge is 0.162 e. The summed E-state index contributed by atoms with van der Waals surface area (Å²) >= 11 is 0. The Morgan fingerprint density at radius 3 is 2.28 bits per heavy atom. The average Bonchev–Trinajstić information content (AvgIpc) is 2.61. The molecule has 0 saturated heterocycles. The zero-order chi connectivity index (χ0) is 18.2. The average molecular weight is 339 g/mol. The Morgan fingerprint density at radius 1 is 0.960 bits per heavy atom. The Hall–Kier alpha value is -3.00. The molecule has 0 aromatic heterocycles. The van der Waals surface area contributed by atoms with E-state index in [4.69, 9.17) is 19.5 Å². The number of benzene rings is 2. The number of carbonyl (C=O) groups is 1. The Morgan fingerprint density at radius 2 is 1.64 bits per heavy atom. The molecule has 0 saturated carbocycles. The van der Waals surface area contributed by atoms with Crippen LogP contribution in [-0.4, -0.2) is 19.0 Å². The fraction of sp³-hybridized carbons (Fsp3) is 0.300. The maximum atomic E-state index is 11.6. The van der Waals surface area contributed by atoms with Gasteiger partial charge in [-0.15, -0.1) is 0 Å². The monoisotopic (exact) mass is 339 g/mol. The van der Waals surface area contributed by atoms with E-state index in [9.17, 15) is 4.79 Å². The van der Waals surface area contributed by atoms with Crippen molar-refractivity contribution < 1.29 is 19.0 Å². The van der Waals surface area contributed by atoms with Crippen LogP contribution in [0.2, 0.25) is 0 Å². The predicted octanol–water partition coefficient (Wildman–Crippen LogP) is 4.14. The van der Waals surface area contributed by atoms with Crippen molar-refractivity contribution in [3.05, 3.63) is 53.1 Å². The van der Waals surface area contributed by atoms with Crippen LogP contribution in [0, 0.1) is 11.3 Å². The number of ether oxygens (including phenoxy) is 3. The largest absolute Gasteiger partial charge is 0.493 e. The highest BCUT2D eigenvalue weighted by molar-refractivity contribution is 5.94. The Labute approximate surface area is 147 Å². The van der Waals surface area contributed by atoms with Crippen LogP contribution in [0.25, 0.3) is 0 Å². The van der Waals surface area contributed by atoms with Gasteiger partial charge in [0.2, 0.25) is 0 Å². The molecule has 130 valence electrons. The molecule has 0 unspecified atom stereocenters.